The van der Waals surface area contributed by atoms with Gasteiger partial charge in [0, 0.05) is 13.1 Å². The lowest BCUT2D eigenvalue weighted by Gasteiger charge is -2.32. The molecule has 0 aliphatic rings. The number of benzene rings is 3. The molecule has 0 saturated carbocycles. The average Bonchev–Trinajstić information content (AvgIpc) is 2.94. The Kier molecular flexibility index (Phi) is 10.1. The number of hydrogen-bond donors (Lipinski definition) is 1. The maximum Gasteiger partial charge on any atom is 0.264 e. The van der Waals surface area contributed by atoms with Crippen LogP contribution in [0.3, 0.4) is 0 Å². The van der Waals surface area contributed by atoms with Gasteiger partial charge in [0.15, 0.2) is 0 Å². The highest BCUT2D eigenvalue weighted by Gasteiger charge is 2.32. The Labute approximate surface area is 229 Å². The molecule has 208 valence electrons. The summed E-state index contributed by atoms with van der Waals surface area (Å²) in [5, 5.41) is 2.78. The van der Waals surface area contributed by atoms with E-state index in [1.165, 1.54) is 60.5 Å². The topological polar surface area (TPSA) is 96.0 Å². The van der Waals surface area contributed by atoms with E-state index in [0.717, 1.165) is 9.87 Å². The van der Waals surface area contributed by atoms with Gasteiger partial charge in [0.05, 0.1) is 17.7 Å². The van der Waals surface area contributed by atoms with Crippen molar-refractivity contribution in [2.24, 2.45) is 0 Å². The van der Waals surface area contributed by atoms with Crippen LogP contribution < -0.4 is 14.4 Å². The van der Waals surface area contributed by atoms with E-state index >= 15 is 0 Å². The third kappa shape index (κ3) is 7.57. The molecule has 1 atom stereocenters. The quantitative estimate of drug-likeness (QED) is 0.360. The van der Waals surface area contributed by atoms with Crippen molar-refractivity contribution in [2.45, 2.75) is 44.7 Å². The molecule has 3 aromatic rings. The van der Waals surface area contributed by atoms with Gasteiger partial charge in [-0.15, -0.1) is 0 Å². The van der Waals surface area contributed by atoms with Gasteiger partial charge in [-0.25, -0.2) is 12.8 Å². The van der Waals surface area contributed by atoms with E-state index in [1.54, 1.807) is 31.2 Å². The number of carbonyl (C=O) groups excluding carboxylic acids is 2. The van der Waals surface area contributed by atoms with Crippen molar-refractivity contribution in [2.75, 3.05) is 24.5 Å². The van der Waals surface area contributed by atoms with Crippen LogP contribution in [0.1, 0.15) is 31.4 Å². The van der Waals surface area contributed by atoms with Crippen LogP contribution in [-0.2, 0) is 26.2 Å². The molecule has 0 heterocycles. The molecule has 3 rings (SSSR count). The second kappa shape index (κ2) is 13.2. The summed E-state index contributed by atoms with van der Waals surface area (Å²) in [6, 6.07) is 17.4. The van der Waals surface area contributed by atoms with Crippen molar-refractivity contribution in [3.8, 4) is 5.75 Å². The summed E-state index contributed by atoms with van der Waals surface area (Å²) in [6.07, 6.45) is 0.714. The highest BCUT2D eigenvalue weighted by atomic mass is 32.2. The molecule has 0 aliphatic carbocycles. The van der Waals surface area contributed by atoms with Crippen LogP contribution in [0.2, 0.25) is 0 Å². The summed E-state index contributed by atoms with van der Waals surface area (Å²) in [5.74, 6) is -0.894. The largest absolute Gasteiger partial charge is 0.497 e. The van der Waals surface area contributed by atoms with Crippen LogP contribution in [0.4, 0.5) is 10.1 Å². The van der Waals surface area contributed by atoms with Crippen LogP contribution in [0.15, 0.2) is 77.7 Å². The van der Waals surface area contributed by atoms with Gasteiger partial charge >= 0.3 is 0 Å². The molecule has 3 aromatic carbocycles. The van der Waals surface area contributed by atoms with Gasteiger partial charge < -0.3 is 15.0 Å². The number of ether oxygens (including phenoxy) is 1. The number of anilines is 1. The first-order chi connectivity index (χ1) is 18.6. The number of sulfonamides is 1. The first-order valence-electron chi connectivity index (χ1n) is 12.6. The molecule has 0 saturated heterocycles. The van der Waals surface area contributed by atoms with Crippen LogP contribution in [0.5, 0.6) is 5.75 Å². The lowest BCUT2D eigenvalue weighted by atomic mass is 10.1. The molecular formula is C29H34FN3O5S. The van der Waals surface area contributed by atoms with E-state index in [2.05, 4.69) is 5.32 Å². The van der Waals surface area contributed by atoms with E-state index in [4.69, 9.17) is 4.74 Å². The van der Waals surface area contributed by atoms with Gasteiger partial charge in [0.1, 0.15) is 24.2 Å². The van der Waals surface area contributed by atoms with Crippen molar-refractivity contribution in [1.82, 2.24) is 10.2 Å². The zero-order chi connectivity index (χ0) is 28.6. The molecule has 2 amide bonds. The van der Waals surface area contributed by atoms with Crippen molar-refractivity contribution >= 4 is 27.5 Å². The summed E-state index contributed by atoms with van der Waals surface area (Å²) in [4.78, 5) is 28.0. The fourth-order valence-electron chi connectivity index (χ4n) is 3.88. The molecule has 0 radical (unpaired) electrons. The number of rotatable bonds is 12. The highest BCUT2D eigenvalue weighted by molar-refractivity contribution is 7.92. The Morgan fingerprint density at radius 1 is 0.974 bits per heavy atom. The smallest absolute Gasteiger partial charge is 0.264 e. The van der Waals surface area contributed by atoms with Gasteiger partial charge in [-0.05, 0) is 74.4 Å². The number of nitrogens with zero attached hydrogens (tertiary/aromatic N) is 2. The van der Waals surface area contributed by atoms with E-state index in [9.17, 15) is 22.4 Å². The zero-order valence-corrected chi connectivity index (χ0v) is 23.4. The summed E-state index contributed by atoms with van der Waals surface area (Å²) in [7, 11) is -2.70. The maximum absolute atomic E-state index is 13.8. The second-order valence-corrected chi connectivity index (χ2v) is 11.0. The molecule has 10 heteroatoms. The number of methoxy groups -OCH3 is 1. The summed E-state index contributed by atoms with van der Waals surface area (Å²) in [5.41, 5.74) is 1.82. The Morgan fingerprint density at radius 3 is 2.15 bits per heavy atom. The predicted molar refractivity (Wildman–Crippen MR) is 148 cm³/mol. The fraction of sp³-hybridized carbons (Fsp3) is 0.310. The van der Waals surface area contributed by atoms with Crippen molar-refractivity contribution < 1.29 is 27.1 Å². The van der Waals surface area contributed by atoms with Crippen LogP contribution in [0, 0.1) is 12.7 Å². The summed E-state index contributed by atoms with van der Waals surface area (Å²) < 4.78 is 47.3. The molecule has 0 unspecified atom stereocenters. The number of nitrogens with one attached hydrogen (secondary N) is 1. The Morgan fingerprint density at radius 2 is 1.59 bits per heavy atom. The van der Waals surface area contributed by atoms with Crippen molar-refractivity contribution in [3.63, 3.8) is 0 Å². The second-order valence-electron chi connectivity index (χ2n) is 9.14. The van der Waals surface area contributed by atoms with Gasteiger partial charge in [0.2, 0.25) is 11.8 Å². The lowest BCUT2D eigenvalue weighted by Crippen LogP contribution is -2.51. The molecule has 1 N–H and O–H groups in total. The van der Waals surface area contributed by atoms with Gasteiger partial charge in [-0.2, -0.15) is 0 Å². The van der Waals surface area contributed by atoms with Crippen LogP contribution in [0.25, 0.3) is 0 Å². The highest BCUT2D eigenvalue weighted by Crippen LogP contribution is 2.26. The molecule has 0 aromatic heterocycles. The first kappa shape index (κ1) is 29.6. The van der Waals surface area contributed by atoms with E-state index in [1.807, 2.05) is 13.8 Å². The fourth-order valence-corrected chi connectivity index (χ4v) is 5.29. The normalized spacial score (nSPS) is 11.9. The van der Waals surface area contributed by atoms with E-state index in [0.29, 0.717) is 30.0 Å². The van der Waals surface area contributed by atoms with E-state index in [-0.39, 0.29) is 17.3 Å². The third-order valence-corrected chi connectivity index (χ3v) is 8.02. The standard InChI is InChI=1S/C29H34FN3O5S/c1-5-18-31-29(35)22(3)32(19-23-8-10-24(30)11-9-23)28(34)20-33(25-12-6-21(2)7-13-25)39(36,37)27-16-14-26(38-4)15-17-27/h6-17,22H,5,18-20H2,1-4H3,(H,31,35)/t22-/m0/s1. The molecule has 0 spiro atoms. The Hall–Kier alpha value is -3.92. The van der Waals surface area contributed by atoms with Crippen LogP contribution >= 0.6 is 0 Å². The number of halogens is 1. The Balaban J connectivity index is 2.00. The first-order valence-corrected chi connectivity index (χ1v) is 14.1. The number of amides is 2. The minimum atomic E-state index is -4.18. The molecule has 39 heavy (non-hydrogen) atoms. The number of aryl methyl sites for hydroxylation is 1. The van der Waals surface area contributed by atoms with Crippen molar-refractivity contribution in [1.29, 1.82) is 0 Å². The van der Waals surface area contributed by atoms with Crippen LogP contribution in [-0.4, -0.2) is 51.4 Å². The van der Waals surface area contributed by atoms with Gasteiger partial charge in [-0.1, -0.05) is 36.8 Å². The van der Waals surface area contributed by atoms with Gasteiger partial charge in [-0.3, -0.25) is 13.9 Å². The molecular weight excluding hydrogens is 521 g/mol. The third-order valence-electron chi connectivity index (χ3n) is 6.23. The van der Waals surface area contributed by atoms with Gasteiger partial charge in [0.25, 0.3) is 10.0 Å². The monoisotopic (exact) mass is 555 g/mol. The minimum absolute atomic E-state index is 0.00978. The molecule has 0 fully saturated rings. The number of carbonyl (C=O) groups is 2. The zero-order valence-electron chi connectivity index (χ0n) is 22.6. The van der Waals surface area contributed by atoms with Crippen molar-refractivity contribution in [3.05, 3.63) is 89.7 Å². The lowest BCUT2D eigenvalue weighted by molar-refractivity contribution is -0.139. The molecule has 0 aliphatic heterocycles. The predicted octanol–water partition coefficient (Wildman–Crippen LogP) is 4.28. The van der Waals surface area contributed by atoms with E-state index < -0.39 is 34.3 Å². The average molecular weight is 556 g/mol. The molecule has 0 bridgehead atoms. The Bertz CT molecular complexity index is 1360. The molecule has 8 nitrogen and oxygen atoms in total. The summed E-state index contributed by atoms with van der Waals surface area (Å²) in [6.45, 7) is 5.24. The number of hydrogen-bond acceptors (Lipinski definition) is 5. The minimum Gasteiger partial charge on any atom is -0.497 e. The summed E-state index contributed by atoms with van der Waals surface area (Å²) >= 11 is 0. The SMILES string of the molecule is CCCNC(=O)[C@H](C)N(Cc1ccc(F)cc1)C(=O)CN(c1ccc(C)cc1)S(=O)(=O)c1ccc(OC)cc1. The maximum atomic E-state index is 13.8.